The number of ketones is 2. The van der Waals surface area contributed by atoms with Crippen LogP contribution in [0.5, 0.6) is 0 Å². The molecule has 0 aliphatic heterocycles. The normalized spacial score (nSPS) is 25.8. The maximum Gasteiger partial charge on any atom is 0.148 e. The number of hydrogen-bond acceptors (Lipinski definition) is 3. The number of carbonyl (C=O) groups is 2. The van der Waals surface area contributed by atoms with E-state index in [4.69, 9.17) is 5.73 Å². The Labute approximate surface area is 94.6 Å². The first-order chi connectivity index (χ1) is 7.58. The summed E-state index contributed by atoms with van der Waals surface area (Å²) in [6.07, 6.45) is 1.00. The molecule has 84 valence electrons. The zero-order chi connectivity index (χ0) is 11.7. The van der Waals surface area contributed by atoms with Crippen molar-refractivity contribution in [1.29, 1.82) is 0 Å². The molecular formula is C13H15NO2. The average Bonchev–Trinajstić information content (AvgIpc) is 2.19. The lowest BCUT2D eigenvalue weighted by molar-refractivity contribution is -0.133. The summed E-state index contributed by atoms with van der Waals surface area (Å²) in [6.45, 7) is 1.94. The summed E-state index contributed by atoms with van der Waals surface area (Å²) in [7, 11) is 0. The molecule has 0 unspecified atom stereocenters. The Kier molecular flexibility index (Phi) is 2.77. The number of hydrogen-bond donors (Lipinski definition) is 1. The minimum absolute atomic E-state index is 0.0357. The van der Waals surface area contributed by atoms with Crippen molar-refractivity contribution in [3.05, 3.63) is 29.8 Å². The summed E-state index contributed by atoms with van der Waals surface area (Å²) in [5, 5.41) is 0. The van der Waals surface area contributed by atoms with E-state index in [1.165, 1.54) is 0 Å². The largest absolute Gasteiger partial charge is 0.399 e. The lowest BCUT2D eigenvalue weighted by Crippen LogP contribution is -2.30. The number of nitrogens with two attached hydrogens (primary N) is 1. The summed E-state index contributed by atoms with van der Waals surface area (Å²) in [5.74, 6) is -0.302. The van der Waals surface area contributed by atoms with Gasteiger partial charge in [-0.2, -0.15) is 0 Å². The van der Waals surface area contributed by atoms with Crippen LogP contribution in [0, 0.1) is 5.92 Å². The van der Waals surface area contributed by atoms with Crippen LogP contribution < -0.4 is 5.73 Å². The summed E-state index contributed by atoms with van der Waals surface area (Å²) in [6, 6.07) is 7.00. The molecule has 1 aromatic carbocycles. The highest BCUT2D eigenvalue weighted by Crippen LogP contribution is 2.30. The lowest BCUT2D eigenvalue weighted by atomic mass is 9.77. The average molecular weight is 217 g/mol. The minimum Gasteiger partial charge on any atom is -0.399 e. The highest BCUT2D eigenvalue weighted by atomic mass is 16.2. The van der Waals surface area contributed by atoms with Crippen molar-refractivity contribution in [2.24, 2.45) is 5.92 Å². The molecule has 0 heterocycles. The van der Waals surface area contributed by atoms with Gasteiger partial charge in [0.1, 0.15) is 17.5 Å². The van der Waals surface area contributed by atoms with Gasteiger partial charge in [0.25, 0.3) is 0 Å². The van der Waals surface area contributed by atoms with Crippen LogP contribution in [-0.4, -0.2) is 11.6 Å². The molecule has 0 amide bonds. The Morgan fingerprint density at radius 3 is 2.06 bits per heavy atom. The maximum atomic E-state index is 11.8. The molecule has 16 heavy (non-hydrogen) atoms. The van der Waals surface area contributed by atoms with Crippen molar-refractivity contribution < 1.29 is 9.59 Å². The Hall–Kier alpha value is -1.64. The fourth-order valence-corrected chi connectivity index (χ4v) is 2.23. The predicted molar refractivity (Wildman–Crippen MR) is 62.0 cm³/mol. The monoisotopic (exact) mass is 217 g/mol. The smallest absolute Gasteiger partial charge is 0.148 e. The third kappa shape index (κ3) is 1.98. The minimum atomic E-state index is -0.559. The van der Waals surface area contributed by atoms with Gasteiger partial charge in [0.2, 0.25) is 0 Å². The van der Waals surface area contributed by atoms with E-state index in [2.05, 4.69) is 0 Å². The Balaban J connectivity index is 2.29. The third-order valence-electron chi connectivity index (χ3n) is 3.01. The van der Waals surface area contributed by atoms with Gasteiger partial charge in [0, 0.05) is 18.5 Å². The molecule has 0 atom stereocenters. The topological polar surface area (TPSA) is 60.2 Å². The number of nitrogen functional groups attached to an aromatic ring is 1. The van der Waals surface area contributed by atoms with Crippen LogP contribution in [0.15, 0.2) is 24.3 Å². The van der Waals surface area contributed by atoms with Crippen LogP contribution in [-0.2, 0) is 9.59 Å². The second-order valence-electron chi connectivity index (χ2n) is 4.55. The SMILES string of the molecule is CC1CC(=O)C(c2ccc(N)cc2)C(=O)C1. The van der Waals surface area contributed by atoms with Crippen LogP contribution in [0.2, 0.25) is 0 Å². The molecule has 3 heteroatoms. The first-order valence-corrected chi connectivity index (χ1v) is 5.49. The highest BCUT2D eigenvalue weighted by Gasteiger charge is 2.34. The van der Waals surface area contributed by atoms with Gasteiger partial charge in [-0.25, -0.2) is 0 Å². The molecule has 0 saturated heterocycles. The Morgan fingerprint density at radius 1 is 1.06 bits per heavy atom. The van der Waals surface area contributed by atoms with Gasteiger partial charge in [-0.05, 0) is 23.6 Å². The molecule has 1 aliphatic rings. The molecule has 2 N–H and O–H groups in total. The molecule has 0 spiro atoms. The van der Waals surface area contributed by atoms with Crippen molar-refractivity contribution in [2.45, 2.75) is 25.7 Å². The van der Waals surface area contributed by atoms with Gasteiger partial charge in [-0.15, -0.1) is 0 Å². The highest BCUT2D eigenvalue weighted by molar-refractivity contribution is 6.09. The van der Waals surface area contributed by atoms with Crippen LogP contribution >= 0.6 is 0 Å². The van der Waals surface area contributed by atoms with Gasteiger partial charge < -0.3 is 5.73 Å². The molecule has 0 aromatic heterocycles. The van der Waals surface area contributed by atoms with Crippen molar-refractivity contribution in [3.8, 4) is 0 Å². The molecule has 1 fully saturated rings. The first kappa shape index (κ1) is 10.9. The number of Topliss-reactive ketones (excluding diaryl/α,β-unsaturated/α-hetero) is 2. The number of carbonyl (C=O) groups excluding carboxylic acids is 2. The van der Waals surface area contributed by atoms with Gasteiger partial charge in [0.05, 0.1) is 0 Å². The standard InChI is InChI=1S/C13H15NO2/c1-8-6-11(15)13(12(16)7-8)9-2-4-10(14)5-3-9/h2-5,8,13H,6-7,14H2,1H3. The van der Waals surface area contributed by atoms with Crippen LogP contribution in [0.3, 0.4) is 0 Å². The number of benzene rings is 1. The van der Waals surface area contributed by atoms with Gasteiger partial charge >= 0.3 is 0 Å². The number of anilines is 1. The van der Waals surface area contributed by atoms with E-state index in [0.717, 1.165) is 5.56 Å². The lowest BCUT2D eigenvalue weighted by Gasteiger charge is -2.24. The predicted octanol–water partition coefficient (Wildman–Crippen LogP) is 1.92. The molecule has 1 saturated carbocycles. The third-order valence-corrected chi connectivity index (χ3v) is 3.01. The van der Waals surface area contributed by atoms with E-state index in [0.29, 0.717) is 18.5 Å². The van der Waals surface area contributed by atoms with E-state index in [9.17, 15) is 9.59 Å². The van der Waals surface area contributed by atoms with Crippen molar-refractivity contribution >= 4 is 17.3 Å². The zero-order valence-electron chi connectivity index (χ0n) is 9.27. The molecule has 3 nitrogen and oxygen atoms in total. The fourth-order valence-electron chi connectivity index (χ4n) is 2.23. The summed E-state index contributed by atoms with van der Waals surface area (Å²) < 4.78 is 0. The molecule has 1 aliphatic carbocycles. The van der Waals surface area contributed by atoms with E-state index >= 15 is 0 Å². The first-order valence-electron chi connectivity index (χ1n) is 5.49. The second-order valence-corrected chi connectivity index (χ2v) is 4.55. The zero-order valence-corrected chi connectivity index (χ0v) is 9.27. The van der Waals surface area contributed by atoms with Crippen molar-refractivity contribution in [3.63, 3.8) is 0 Å². The van der Waals surface area contributed by atoms with Crippen molar-refractivity contribution in [1.82, 2.24) is 0 Å². The van der Waals surface area contributed by atoms with Crippen LogP contribution in [0.25, 0.3) is 0 Å². The fraction of sp³-hybridized carbons (Fsp3) is 0.385. The Morgan fingerprint density at radius 2 is 1.56 bits per heavy atom. The summed E-state index contributed by atoms with van der Waals surface area (Å²) in [5.41, 5.74) is 7.00. The molecule has 2 rings (SSSR count). The van der Waals surface area contributed by atoms with Gasteiger partial charge in [-0.3, -0.25) is 9.59 Å². The van der Waals surface area contributed by atoms with Crippen molar-refractivity contribution in [2.75, 3.05) is 5.73 Å². The van der Waals surface area contributed by atoms with E-state index in [-0.39, 0.29) is 17.5 Å². The van der Waals surface area contributed by atoms with E-state index in [1.54, 1.807) is 24.3 Å². The maximum absolute atomic E-state index is 11.8. The molecule has 0 radical (unpaired) electrons. The molecule has 1 aromatic rings. The van der Waals surface area contributed by atoms with E-state index < -0.39 is 5.92 Å². The molecule has 0 bridgehead atoms. The summed E-state index contributed by atoms with van der Waals surface area (Å²) >= 11 is 0. The van der Waals surface area contributed by atoms with Gasteiger partial charge in [0.15, 0.2) is 0 Å². The van der Waals surface area contributed by atoms with Crippen LogP contribution in [0.4, 0.5) is 5.69 Å². The quantitative estimate of drug-likeness (QED) is 0.577. The van der Waals surface area contributed by atoms with Crippen LogP contribution in [0.1, 0.15) is 31.2 Å². The van der Waals surface area contributed by atoms with Gasteiger partial charge in [-0.1, -0.05) is 19.1 Å². The molecular weight excluding hydrogens is 202 g/mol. The Bertz CT molecular complexity index is 404. The second kappa shape index (κ2) is 4.08. The number of rotatable bonds is 1. The summed E-state index contributed by atoms with van der Waals surface area (Å²) in [4.78, 5) is 23.7. The van der Waals surface area contributed by atoms with E-state index in [1.807, 2.05) is 6.92 Å².